The molecule has 3 aliphatic carbocycles. The molecule has 3 aliphatic rings. The largest absolute Gasteiger partial charge is 0.619 e. The van der Waals surface area contributed by atoms with Gasteiger partial charge >= 0.3 is 0 Å². The Morgan fingerprint density at radius 3 is 1.06 bits per heavy atom. The van der Waals surface area contributed by atoms with Crippen LogP contribution in [0.3, 0.4) is 0 Å². The van der Waals surface area contributed by atoms with Gasteiger partial charge in [-0.05, 0) is 210 Å². The number of carbonyl (C=O) groups is 4. The number of benzene rings is 4. The zero-order valence-corrected chi connectivity index (χ0v) is 67.9. The molecule has 3 saturated carbocycles. The van der Waals surface area contributed by atoms with Gasteiger partial charge in [0.25, 0.3) is 23.6 Å². The van der Waals surface area contributed by atoms with E-state index in [0.29, 0.717) is 65.8 Å². The first-order valence-electron chi connectivity index (χ1n) is 40.3. The number of hydrogen-bond acceptors (Lipinski definition) is 17. The van der Waals surface area contributed by atoms with E-state index in [4.69, 9.17) is 0 Å². The van der Waals surface area contributed by atoms with Crippen molar-refractivity contribution < 1.29 is 38.5 Å². The van der Waals surface area contributed by atoms with Crippen molar-refractivity contribution in [3.05, 3.63) is 371 Å². The van der Waals surface area contributed by atoms with Crippen LogP contribution in [0.1, 0.15) is 119 Å². The van der Waals surface area contributed by atoms with Gasteiger partial charge in [-0.3, -0.25) is 43.3 Å². The maximum absolute atomic E-state index is 13.0. The average molecular weight is 1650 g/mol. The van der Waals surface area contributed by atoms with E-state index >= 15 is 0 Å². The molecule has 0 radical (unpaired) electrons. The van der Waals surface area contributed by atoms with Gasteiger partial charge in [-0.15, -0.1) is 0 Å². The van der Waals surface area contributed by atoms with Crippen molar-refractivity contribution in [2.24, 2.45) is 0 Å². The van der Waals surface area contributed by atoms with E-state index in [0.717, 1.165) is 104 Å². The molecule has 0 atom stereocenters. The fourth-order valence-corrected chi connectivity index (χ4v) is 14.2. The number of aliphatic hydroxyl groups is 1. The molecule has 16 aromatic rings. The molecule has 19 rings (SSSR count). The lowest BCUT2D eigenvalue weighted by molar-refractivity contribution is -0.621. The van der Waals surface area contributed by atoms with E-state index in [1.165, 1.54) is 37.2 Å². The molecule has 124 heavy (non-hydrogen) atoms. The van der Waals surface area contributed by atoms with Gasteiger partial charge in [0.05, 0.1) is 21.5 Å². The third-order valence-electron chi connectivity index (χ3n) is 21.1. The van der Waals surface area contributed by atoms with E-state index < -0.39 is 17.4 Å². The van der Waals surface area contributed by atoms with Crippen LogP contribution >= 0.6 is 0 Å². The van der Waals surface area contributed by atoms with Crippen molar-refractivity contribution in [2.45, 2.75) is 103 Å². The van der Waals surface area contributed by atoms with Crippen LogP contribution in [0, 0.1) is 22.5 Å². The maximum atomic E-state index is 13.0. The lowest BCUT2D eigenvalue weighted by Gasteiger charge is -2.17. The van der Waals surface area contributed by atoms with Gasteiger partial charge in [0.2, 0.25) is 27.4 Å². The summed E-state index contributed by atoms with van der Waals surface area (Å²) in [4.78, 5) is 124. The minimum absolute atomic E-state index is 0.0485. The van der Waals surface area contributed by atoms with Crippen LogP contribution in [0.15, 0.2) is 300 Å². The zero-order chi connectivity index (χ0) is 86.6. The van der Waals surface area contributed by atoms with E-state index in [2.05, 4.69) is 46.2 Å². The van der Waals surface area contributed by atoms with Gasteiger partial charge in [0, 0.05) is 156 Å². The zero-order valence-electron chi connectivity index (χ0n) is 67.9. The van der Waals surface area contributed by atoms with Gasteiger partial charge in [0.15, 0.2) is 30.5 Å². The second kappa shape index (κ2) is 34.8. The molecule has 0 unspecified atom stereocenters. The average Bonchev–Trinajstić information content (AvgIpc) is 1.12. The van der Waals surface area contributed by atoms with Gasteiger partial charge < -0.3 is 60.3 Å². The highest BCUT2D eigenvalue weighted by Crippen LogP contribution is 2.31. The predicted octanol–water partition coefficient (Wildman–Crippen LogP) is 11.9. The SMILES string of the molecule is CC(C)(O)c1ccc(-c2cccc(-n3cc(C(=O)NC4CC4)c(=O)c4cccnc43)c2)c[n+]1[O-].Cc1ccc(-c2cccc(-n3cc(C(=O)NC(C)C)c(=O)c4cccnc43)c2)c[n+]1[O-].O=C(NC1CC1)c1cn(-c2cccc(-c3ccc[n+]([O-])c3)c2)c2ncccc2c1=O.O=C(NC1CC1)c1cn(-c2cccc(-c3cccnc3)c2)c2ncccc2c1=O. The third-order valence-corrected chi connectivity index (χ3v) is 21.1. The molecular weight excluding hydrogens is 1570 g/mol. The molecule has 4 amide bonds. The minimum Gasteiger partial charge on any atom is -0.619 e. The summed E-state index contributed by atoms with van der Waals surface area (Å²) in [6, 6.07) is 58.6. The molecule has 4 aromatic carbocycles. The molecule has 0 saturated heterocycles. The van der Waals surface area contributed by atoms with Gasteiger partial charge in [0.1, 0.15) is 50.4 Å². The second-order valence-corrected chi connectivity index (χ2v) is 31.3. The van der Waals surface area contributed by atoms with E-state index in [-0.39, 0.29) is 85.6 Å². The molecule has 5 N–H and O–H groups in total. The molecule has 0 spiro atoms. The molecule has 3 fully saturated rings. The first kappa shape index (κ1) is 81.9. The number of fused-ring (bicyclic) bond motifs is 4. The normalized spacial score (nSPS) is 12.9. The number of amides is 4. The molecule has 12 aromatic heterocycles. The number of aryl methyl sites for hydroxylation is 1. The summed E-state index contributed by atoms with van der Waals surface area (Å²) >= 11 is 0. The number of aromatic nitrogens is 12. The highest BCUT2D eigenvalue weighted by atomic mass is 16.5. The smallest absolute Gasteiger partial charge is 0.257 e. The number of nitrogens with zero attached hydrogens (tertiary/aromatic N) is 12. The summed E-state index contributed by atoms with van der Waals surface area (Å²) in [5, 5.41) is 59.3. The Balaban J connectivity index is 0.000000122. The van der Waals surface area contributed by atoms with Crippen LogP contribution in [-0.4, -0.2) is 96.1 Å². The first-order chi connectivity index (χ1) is 59.9. The van der Waals surface area contributed by atoms with Crippen molar-refractivity contribution in [3.8, 4) is 67.3 Å². The summed E-state index contributed by atoms with van der Waals surface area (Å²) in [5.74, 6) is -1.52. The van der Waals surface area contributed by atoms with E-state index in [1.807, 2.05) is 135 Å². The highest BCUT2D eigenvalue weighted by molar-refractivity contribution is 6.00. The summed E-state index contributed by atoms with van der Waals surface area (Å²) in [5.41, 5.74) is 9.98. The number of nitrogens with one attached hydrogen (secondary N) is 4. The molecule has 28 nitrogen and oxygen atoms in total. The number of hydrogen-bond donors (Lipinski definition) is 5. The van der Waals surface area contributed by atoms with Crippen molar-refractivity contribution >= 4 is 67.8 Å². The van der Waals surface area contributed by atoms with E-state index in [1.54, 1.807) is 161 Å². The van der Waals surface area contributed by atoms with Gasteiger partial charge in [-0.1, -0.05) is 54.6 Å². The Hall–Kier alpha value is -15.8. The Morgan fingerprint density at radius 2 is 0.734 bits per heavy atom. The maximum Gasteiger partial charge on any atom is 0.257 e. The molecular formula is C96H82N16O12. The van der Waals surface area contributed by atoms with E-state index in [9.17, 15) is 59.1 Å². The lowest BCUT2D eigenvalue weighted by Crippen LogP contribution is -2.39. The molecule has 28 heteroatoms. The highest BCUT2D eigenvalue weighted by Gasteiger charge is 2.31. The first-order valence-corrected chi connectivity index (χ1v) is 40.3. The topological polar surface area (TPSA) is 370 Å². The van der Waals surface area contributed by atoms with Crippen molar-refractivity contribution in [1.29, 1.82) is 0 Å². The fourth-order valence-electron chi connectivity index (χ4n) is 14.2. The Kier molecular flexibility index (Phi) is 23.0. The lowest BCUT2D eigenvalue weighted by atomic mass is 10.0. The second-order valence-electron chi connectivity index (χ2n) is 31.3. The number of pyridine rings is 12. The minimum atomic E-state index is -1.26. The Labute approximate surface area is 708 Å². The van der Waals surface area contributed by atoms with Crippen molar-refractivity contribution in [1.82, 2.24) is 64.5 Å². The van der Waals surface area contributed by atoms with Gasteiger partial charge in [-0.2, -0.15) is 14.2 Å². The fraction of sp³-hybridized carbons (Fsp3) is 0.167. The van der Waals surface area contributed by atoms with Crippen LogP contribution < -0.4 is 57.2 Å². The van der Waals surface area contributed by atoms with Crippen LogP contribution in [0.4, 0.5) is 0 Å². The molecule has 0 aliphatic heterocycles. The summed E-state index contributed by atoms with van der Waals surface area (Å²) in [6.07, 6.45) is 27.7. The van der Waals surface area contributed by atoms with Gasteiger partial charge in [-0.25, -0.2) is 19.9 Å². The summed E-state index contributed by atoms with van der Waals surface area (Å²) < 4.78 is 9.24. The predicted molar refractivity (Wildman–Crippen MR) is 470 cm³/mol. The number of rotatable bonds is 17. The quantitative estimate of drug-likeness (QED) is 0.0417. The molecule has 12 heterocycles. The Morgan fingerprint density at radius 1 is 0.403 bits per heavy atom. The Bertz CT molecular complexity index is 7150. The summed E-state index contributed by atoms with van der Waals surface area (Å²) in [7, 11) is 0. The standard InChI is InChI=1S/C26H24N4O4.C24H22N4O3.C23H18N4O3.C23H18N4O2/c1-26(2,33)22-11-8-17(14-30(22)34)16-5-3-6-19(13-16)29-15-21(25(32)28-18-9-10-18)23(31)20-7-4-12-27-24(20)29;1-15(2)26-24(30)21-14-27(23-20(22(21)29)8-5-11-25-23)19-7-4-6-17(12-19)18-10-9-16(3)28(31)13-18;28-21-19-7-2-10-24-22(19)27(14-20(21)23(29)25-17-8-9-17)18-6-1-4-15(12-18)16-5-3-11-26(30)13-16;28-21-19-7-3-11-25-22(19)27(14-20(21)23(29)26-17-8-9-17)18-6-1-4-15(12-18)16-5-2-10-24-13-16/h3-8,11-15,18,33H,9-10H2,1-2H3,(H,28,32);4-15H,1-3H3,(H,26,30);1-7,10-14,17H,8-9H2,(H,25,29);1-7,10-14,17H,8-9H2,(H,26,29). The van der Waals surface area contributed by atoms with Crippen LogP contribution in [0.25, 0.3) is 111 Å². The third kappa shape index (κ3) is 18.0. The summed E-state index contributed by atoms with van der Waals surface area (Å²) in [6.45, 7) is 8.54. The molecule has 618 valence electrons. The van der Waals surface area contributed by atoms with Crippen molar-refractivity contribution in [3.63, 3.8) is 0 Å². The molecule has 0 bridgehead atoms. The monoisotopic (exact) mass is 1650 g/mol. The van der Waals surface area contributed by atoms with Crippen LogP contribution in [0.5, 0.6) is 0 Å². The van der Waals surface area contributed by atoms with Crippen LogP contribution in [-0.2, 0) is 5.60 Å². The van der Waals surface area contributed by atoms with Crippen molar-refractivity contribution in [2.75, 3.05) is 0 Å². The van der Waals surface area contributed by atoms with Crippen LogP contribution in [0.2, 0.25) is 0 Å². The number of carbonyl (C=O) groups excluding carboxylic acids is 4.